The standard InChI is InChI=1S/C39H52N2/c1-7-29-25-37-35(18-20-40-38(37)26-30(29)14-10-13-23-41-21-11-9-12-22-41)36(24-28(3)4)34-16-15-31-27-39(5,6)19-17-33(31)32(34)8-2/h15-20,25-26,36H,3,7-14,21-24,27H2,1-2,4-6H3/t36-/m0/s1. The first-order chi connectivity index (χ1) is 19.8. The summed E-state index contributed by atoms with van der Waals surface area (Å²) in [5.41, 5.74) is 12.9. The quantitative estimate of drug-likeness (QED) is 0.175. The molecule has 1 fully saturated rings. The fourth-order valence-electron chi connectivity index (χ4n) is 7.41. The number of pyridine rings is 1. The molecule has 1 aromatic heterocycles. The SMILES string of the molecule is C=C(C)C[C@@H](c1ccc2c(c1CC)C=CC(C)(C)C2)c1ccnc2cc(CCCCN3CCCCC3)c(CC)cc12. The van der Waals surface area contributed by atoms with Crippen LogP contribution < -0.4 is 0 Å². The minimum atomic E-state index is 0.222. The molecular weight excluding hydrogens is 496 g/mol. The largest absolute Gasteiger partial charge is 0.303 e. The molecule has 2 aliphatic rings. The van der Waals surface area contributed by atoms with Crippen molar-refractivity contribution in [2.24, 2.45) is 5.41 Å². The Morgan fingerprint density at radius 2 is 1.78 bits per heavy atom. The molecule has 2 heterocycles. The van der Waals surface area contributed by atoms with Crippen molar-refractivity contribution in [3.8, 4) is 0 Å². The Bertz CT molecular complexity index is 1400. The first kappa shape index (κ1) is 29.8. The summed E-state index contributed by atoms with van der Waals surface area (Å²) in [4.78, 5) is 7.59. The van der Waals surface area contributed by atoms with Gasteiger partial charge in [0.2, 0.25) is 0 Å². The highest BCUT2D eigenvalue weighted by molar-refractivity contribution is 5.85. The van der Waals surface area contributed by atoms with E-state index in [9.17, 15) is 0 Å². The molecular formula is C39H52N2. The Hall–Kier alpha value is -2.71. The van der Waals surface area contributed by atoms with Gasteiger partial charge >= 0.3 is 0 Å². The highest BCUT2D eigenvalue weighted by Gasteiger charge is 2.26. The highest BCUT2D eigenvalue weighted by atomic mass is 15.1. The maximum atomic E-state index is 4.92. The maximum absolute atomic E-state index is 4.92. The van der Waals surface area contributed by atoms with E-state index in [0.29, 0.717) is 0 Å². The molecule has 0 spiro atoms. The van der Waals surface area contributed by atoms with Gasteiger partial charge in [0.25, 0.3) is 0 Å². The van der Waals surface area contributed by atoms with Crippen LogP contribution in [0.3, 0.4) is 0 Å². The summed E-state index contributed by atoms with van der Waals surface area (Å²) in [6.07, 6.45) is 18.9. The van der Waals surface area contributed by atoms with Gasteiger partial charge in [-0.2, -0.15) is 0 Å². The summed E-state index contributed by atoms with van der Waals surface area (Å²) in [7, 11) is 0. The van der Waals surface area contributed by atoms with Gasteiger partial charge in [-0.15, -0.1) is 6.58 Å². The fourth-order valence-corrected chi connectivity index (χ4v) is 7.41. The molecule has 1 atom stereocenters. The second kappa shape index (κ2) is 13.1. The third-order valence-corrected chi connectivity index (χ3v) is 9.58. The van der Waals surface area contributed by atoms with Crippen LogP contribution in [0.4, 0.5) is 0 Å². The Labute approximate surface area is 250 Å². The molecule has 5 rings (SSSR count). The summed E-state index contributed by atoms with van der Waals surface area (Å²) in [5, 5.41) is 1.32. The second-order valence-electron chi connectivity index (χ2n) is 13.5. The van der Waals surface area contributed by atoms with E-state index in [4.69, 9.17) is 4.98 Å². The number of allylic oxidation sites excluding steroid dienone is 2. The molecule has 2 heteroatoms. The third-order valence-electron chi connectivity index (χ3n) is 9.58. The fraction of sp³-hybridized carbons (Fsp3) is 0.513. The van der Waals surface area contributed by atoms with Crippen LogP contribution in [-0.4, -0.2) is 29.5 Å². The number of aryl methyl sites for hydroxylation is 2. The Morgan fingerprint density at radius 3 is 2.51 bits per heavy atom. The van der Waals surface area contributed by atoms with Gasteiger partial charge in [-0.05, 0) is 147 Å². The lowest BCUT2D eigenvalue weighted by atomic mass is 9.74. The zero-order valence-corrected chi connectivity index (χ0v) is 26.5. The number of hydrogen-bond donors (Lipinski definition) is 0. The van der Waals surface area contributed by atoms with Crippen molar-refractivity contribution in [3.05, 3.63) is 93.7 Å². The smallest absolute Gasteiger partial charge is 0.0707 e. The molecule has 0 N–H and O–H groups in total. The molecule has 1 saturated heterocycles. The maximum Gasteiger partial charge on any atom is 0.0707 e. The van der Waals surface area contributed by atoms with Crippen molar-refractivity contribution in [1.29, 1.82) is 0 Å². The van der Waals surface area contributed by atoms with E-state index < -0.39 is 0 Å². The van der Waals surface area contributed by atoms with Crippen molar-refractivity contribution in [2.45, 2.75) is 105 Å². The minimum absolute atomic E-state index is 0.222. The normalized spacial score (nSPS) is 17.5. The number of unbranched alkanes of at least 4 members (excludes halogenated alkanes) is 1. The van der Waals surface area contributed by atoms with Crippen LogP contribution in [0.1, 0.15) is 118 Å². The minimum Gasteiger partial charge on any atom is -0.303 e. The predicted molar refractivity (Wildman–Crippen MR) is 178 cm³/mol. The molecule has 2 nitrogen and oxygen atoms in total. The van der Waals surface area contributed by atoms with Crippen LogP contribution in [0.25, 0.3) is 17.0 Å². The zero-order valence-electron chi connectivity index (χ0n) is 26.5. The summed E-state index contributed by atoms with van der Waals surface area (Å²) in [5.74, 6) is 0.279. The third kappa shape index (κ3) is 6.86. The van der Waals surface area contributed by atoms with E-state index in [-0.39, 0.29) is 11.3 Å². The van der Waals surface area contributed by atoms with E-state index in [2.05, 4.69) is 88.6 Å². The average molecular weight is 549 g/mol. The van der Waals surface area contributed by atoms with Crippen LogP contribution in [0, 0.1) is 5.41 Å². The summed E-state index contributed by atoms with van der Waals surface area (Å²) < 4.78 is 0. The van der Waals surface area contributed by atoms with Gasteiger partial charge in [-0.3, -0.25) is 4.98 Å². The number of benzene rings is 2. The van der Waals surface area contributed by atoms with Gasteiger partial charge in [0.15, 0.2) is 0 Å². The first-order valence-corrected chi connectivity index (χ1v) is 16.4. The van der Waals surface area contributed by atoms with Crippen molar-refractivity contribution in [2.75, 3.05) is 19.6 Å². The molecule has 218 valence electrons. The molecule has 0 bridgehead atoms. The Balaban J connectivity index is 1.48. The monoisotopic (exact) mass is 548 g/mol. The second-order valence-corrected chi connectivity index (χ2v) is 13.5. The van der Waals surface area contributed by atoms with E-state index >= 15 is 0 Å². The first-order valence-electron chi connectivity index (χ1n) is 16.4. The summed E-state index contributed by atoms with van der Waals surface area (Å²) in [6, 6.07) is 12.0. The van der Waals surface area contributed by atoms with Gasteiger partial charge in [0, 0.05) is 17.5 Å². The number of hydrogen-bond acceptors (Lipinski definition) is 2. The van der Waals surface area contributed by atoms with E-state index in [1.165, 1.54) is 102 Å². The lowest BCUT2D eigenvalue weighted by Gasteiger charge is -2.30. The van der Waals surface area contributed by atoms with Crippen LogP contribution in [-0.2, 0) is 25.7 Å². The number of likely N-dealkylation sites (tertiary alicyclic amines) is 1. The van der Waals surface area contributed by atoms with Crippen LogP contribution in [0.2, 0.25) is 0 Å². The van der Waals surface area contributed by atoms with Crippen molar-refractivity contribution < 1.29 is 0 Å². The number of piperidine rings is 1. The zero-order chi connectivity index (χ0) is 29.0. The van der Waals surface area contributed by atoms with Crippen LogP contribution in [0.15, 0.2) is 54.8 Å². The Morgan fingerprint density at radius 1 is 0.976 bits per heavy atom. The predicted octanol–water partition coefficient (Wildman–Crippen LogP) is 9.86. The number of nitrogens with zero attached hydrogens (tertiary/aromatic N) is 2. The number of aromatic nitrogens is 1. The number of fused-ring (bicyclic) bond motifs is 2. The van der Waals surface area contributed by atoms with Gasteiger partial charge in [0.1, 0.15) is 0 Å². The van der Waals surface area contributed by atoms with Crippen molar-refractivity contribution in [3.63, 3.8) is 0 Å². The average Bonchev–Trinajstić information content (AvgIpc) is 2.96. The van der Waals surface area contributed by atoms with Gasteiger partial charge in [0.05, 0.1) is 5.52 Å². The van der Waals surface area contributed by atoms with E-state index in [1.54, 1.807) is 0 Å². The molecule has 0 radical (unpaired) electrons. The molecule has 1 aliphatic heterocycles. The number of rotatable bonds is 11. The molecule has 1 aliphatic carbocycles. The van der Waals surface area contributed by atoms with E-state index in [0.717, 1.165) is 37.6 Å². The molecule has 0 unspecified atom stereocenters. The molecule has 0 saturated carbocycles. The van der Waals surface area contributed by atoms with E-state index in [1.807, 2.05) is 6.20 Å². The van der Waals surface area contributed by atoms with Gasteiger partial charge in [-0.25, -0.2) is 0 Å². The molecule has 2 aromatic carbocycles. The lowest BCUT2D eigenvalue weighted by Crippen LogP contribution is -2.30. The molecule has 41 heavy (non-hydrogen) atoms. The lowest BCUT2D eigenvalue weighted by molar-refractivity contribution is 0.225. The molecule has 0 amide bonds. The Kier molecular flexibility index (Phi) is 9.49. The van der Waals surface area contributed by atoms with Crippen molar-refractivity contribution in [1.82, 2.24) is 9.88 Å². The van der Waals surface area contributed by atoms with Gasteiger partial charge in [-0.1, -0.05) is 64.0 Å². The van der Waals surface area contributed by atoms with Crippen LogP contribution in [0.5, 0.6) is 0 Å². The highest BCUT2D eigenvalue weighted by Crippen LogP contribution is 2.41. The molecule has 3 aromatic rings. The van der Waals surface area contributed by atoms with Crippen LogP contribution >= 0.6 is 0 Å². The van der Waals surface area contributed by atoms with Gasteiger partial charge < -0.3 is 4.90 Å². The summed E-state index contributed by atoms with van der Waals surface area (Å²) >= 11 is 0. The summed E-state index contributed by atoms with van der Waals surface area (Å²) in [6.45, 7) is 19.7. The van der Waals surface area contributed by atoms with Crippen molar-refractivity contribution >= 4 is 17.0 Å². The topological polar surface area (TPSA) is 16.1 Å².